The van der Waals surface area contributed by atoms with E-state index in [9.17, 15) is 0 Å². The molecule has 0 amide bonds. The first-order valence-electron chi connectivity index (χ1n) is 5.07. The van der Waals surface area contributed by atoms with Crippen molar-refractivity contribution in [2.45, 2.75) is 26.2 Å². The molecule has 0 unspecified atom stereocenters. The van der Waals surface area contributed by atoms with Crippen LogP contribution < -0.4 is 0 Å². The van der Waals surface area contributed by atoms with Gasteiger partial charge in [-0.1, -0.05) is 26.8 Å². The van der Waals surface area contributed by atoms with E-state index in [0.29, 0.717) is 0 Å². The molecule has 0 bridgehead atoms. The minimum Gasteiger partial charge on any atom is -0.264 e. The molecule has 0 fully saturated rings. The van der Waals surface area contributed by atoms with Crippen molar-refractivity contribution in [2.24, 2.45) is 0 Å². The van der Waals surface area contributed by atoms with Gasteiger partial charge in [0.15, 0.2) is 0 Å². The lowest BCUT2D eigenvalue weighted by Gasteiger charge is -2.15. The molecule has 2 aromatic heterocycles. The first kappa shape index (κ1) is 10.4. The van der Waals surface area contributed by atoms with Crippen LogP contribution in [-0.2, 0) is 5.41 Å². The van der Waals surface area contributed by atoms with E-state index in [1.807, 2.05) is 23.6 Å². The van der Waals surface area contributed by atoms with E-state index in [1.54, 1.807) is 6.20 Å². The molecular weight excluding hydrogens is 202 g/mol. The summed E-state index contributed by atoms with van der Waals surface area (Å²) in [6.07, 6.45) is 3.72. The van der Waals surface area contributed by atoms with Crippen molar-refractivity contribution in [2.75, 3.05) is 0 Å². The van der Waals surface area contributed by atoms with Gasteiger partial charge in [0.1, 0.15) is 0 Å². The molecule has 2 aromatic rings. The largest absolute Gasteiger partial charge is 0.264 e. The summed E-state index contributed by atoms with van der Waals surface area (Å²) in [7, 11) is 0. The Hall–Kier alpha value is -1.15. The van der Waals surface area contributed by atoms with Crippen LogP contribution in [0.2, 0.25) is 0 Å². The van der Waals surface area contributed by atoms with Gasteiger partial charge in [0, 0.05) is 22.8 Å². The zero-order chi connectivity index (χ0) is 10.9. The molecule has 2 heterocycles. The van der Waals surface area contributed by atoms with E-state index in [4.69, 9.17) is 0 Å². The molecule has 0 radical (unpaired) electrons. The molecule has 0 aromatic carbocycles. The number of hydrogen-bond acceptors (Lipinski definition) is 2. The van der Waals surface area contributed by atoms with Crippen molar-refractivity contribution in [3.8, 4) is 11.1 Å². The van der Waals surface area contributed by atoms with E-state index in [2.05, 4.69) is 43.3 Å². The van der Waals surface area contributed by atoms with Gasteiger partial charge in [0.25, 0.3) is 0 Å². The maximum absolute atomic E-state index is 4.14. The number of hydrogen-bond donors (Lipinski definition) is 0. The maximum Gasteiger partial charge on any atom is 0.0346 e. The van der Waals surface area contributed by atoms with Crippen LogP contribution in [-0.4, -0.2) is 4.98 Å². The van der Waals surface area contributed by atoms with E-state index in [1.165, 1.54) is 16.0 Å². The van der Waals surface area contributed by atoms with Crippen LogP contribution in [0.4, 0.5) is 0 Å². The number of aromatic nitrogens is 1. The lowest BCUT2D eigenvalue weighted by atomic mass is 9.94. The van der Waals surface area contributed by atoms with Crippen LogP contribution in [0.3, 0.4) is 0 Å². The predicted molar refractivity (Wildman–Crippen MR) is 66.3 cm³/mol. The number of pyridine rings is 1. The van der Waals surface area contributed by atoms with Gasteiger partial charge in [-0.25, -0.2) is 0 Å². The molecule has 1 nitrogen and oxygen atoms in total. The summed E-state index contributed by atoms with van der Waals surface area (Å²) in [6, 6.07) is 6.34. The van der Waals surface area contributed by atoms with Gasteiger partial charge in [0.2, 0.25) is 0 Å². The van der Waals surface area contributed by atoms with Crippen molar-refractivity contribution in [1.29, 1.82) is 0 Å². The lowest BCUT2D eigenvalue weighted by Crippen LogP contribution is -2.07. The lowest BCUT2D eigenvalue weighted by molar-refractivity contribution is 0.604. The van der Waals surface area contributed by atoms with Gasteiger partial charge < -0.3 is 0 Å². The second-order valence-electron chi connectivity index (χ2n) is 4.69. The molecule has 0 saturated carbocycles. The van der Waals surface area contributed by atoms with Crippen molar-refractivity contribution >= 4 is 11.3 Å². The fourth-order valence-electron chi connectivity index (χ4n) is 1.41. The van der Waals surface area contributed by atoms with E-state index < -0.39 is 0 Å². The highest BCUT2D eigenvalue weighted by Gasteiger charge is 2.16. The Bertz CT molecular complexity index is 437. The minimum atomic E-state index is 0.241. The Kier molecular flexibility index (Phi) is 2.61. The van der Waals surface area contributed by atoms with Gasteiger partial charge in [-0.05, 0) is 28.5 Å². The number of thiophene rings is 1. The van der Waals surface area contributed by atoms with Gasteiger partial charge in [-0.2, -0.15) is 0 Å². The highest BCUT2D eigenvalue weighted by atomic mass is 32.1. The van der Waals surface area contributed by atoms with E-state index >= 15 is 0 Å². The fraction of sp³-hybridized carbons (Fsp3) is 0.308. The van der Waals surface area contributed by atoms with Gasteiger partial charge in [-0.15, -0.1) is 11.3 Å². The van der Waals surface area contributed by atoms with Crippen molar-refractivity contribution in [1.82, 2.24) is 4.98 Å². The Morgan fingerprint density at radius 2 is 2.00 bits per heavy atom. The molecule has 2 rings (SSSR count). The van der Waals surface area contributed by atoms with Crippen LogP contribution in [0.25, 0.3) is 11.1 Å². The molecule has 0 aliphatic carbocycles. The van der Waals surface area contributed by atoms with Gasteiger partial charge in [-0.3, -0.25) is 4.98 Å². The summed E-state index contributed by atoms with van der Waals surface area (Å²) in [5.74, 6) is 0. The summed E-state index contributed by atoms with van der Waals surface area (Å²) < 4.78 is 0. The molecule has 0 atom stereocenters. The zero-order valence-corrected chi connectivity index (χ0v) is 10.1. The van der Waals surface area contributed by atoms with Crippen LogP contribution in [0.5, 0.6) is 0 Å². The fourth-order valence-corrected chi connectivity index (χ4v) is 2.42. The summed E-state index contributed by atoms with van der Waals surface area (Å²) >= 11 is 1.82. The first-order chi connectivity index (χ1) is 7.07. The molecule has 78 valence electrons. The summed E-state index contributed by atoms with van der Waals surface area (Å²) in [4.78, 5) is 5.56. The van der Waals surface area contributed by atoms with Gasteiger partial charge in [0.05, 0.1) is 0 Å². The van der Waals surface area contributed by atoms with Crippen LogP contribution in [0, 0.1) is 0 Å². The Morgan fingerprint density at radius 3 is 2.53 bits per heavy atom. The molecule has 0 aliphatic rings. The maximum atomic E-state index is 4.14. The Balaban J connectivity index is 2.37. The zero-order valence-electron chi connectivity index (χ0n) is 9.32. The van der Waals surface area contributed by atoms with Crippen molar-refractivity contribution in [3.05, 3.63) is 40.8 Å². The standard InChI is InChI=1S/C13H15NS/c1-13(2,3)12-7-11(9-15-12)10-5-4-6-14-8-10/h4-9H,1-3H3. The van der Waals surface area contributed by atoms with Crippen LogP contribution >= 0.6 is 11.3 Å². The Morgan fingerprint density at radius 1 is 1.20 bits per heavy atom. The summed E-state index contributed by atoms with van der Waals surface area (Å²) in [5, 5.41) is 2.21. The van der Waals surface area contributed by atoms with Crippen LogP contribution in [0.15, 0.2) is 36.0 Å². The van der Waals surface area contributed by atoms with E-state index in [0.717, 1.165) is 0 Å². The summed E-state index contributed by atoms with van der Waals surface area (Å²) in [6.45, 7) is 6.73. The van der Waals surface area contributed by atoms with Crippen molar-refractivity contribution < 1.29 is 0 Å². The highest BCUT2D eigenvalue weighted by molar-refractivity contribution is 7.10. The monoisotopic (exact) mass is 217 g/mol. The summed E-state index contributed by atoms with van der Waals surface area (Å²) in [5.41, 5.74) is 2.72. The molecule has 0 aliphatic heterocycles. The third kappa shape index (κ3) is 2.26. The topological polar surface area (TPSA) is 12.9 Å². The van der Waals surface area contributed by atoms with Gasteiger partial charge >= 0.3 is 0 Å². The predicted octanol–water partition coefficient (Wildman–Crippen LogP) is 4.11. The van der Waals surface area contributed by atoms with Crippen LogP contribution in [0.1, 0.15) is 25.6 Å². The second-order valence-corrected chi connectivity index (χ2v) is 5.60. The SMILES string of the molecule is CC(C)(C)c1cc(-c2cccnc2)cs1. The third-order valence-corrected chi connectivity index (χ3v) is 3.69. The molecule has 2 heteroatoms. The van der Waals surface area contributed by atoms with E-state index in [-0.39, 0.29) is 5.41 Å². The first-order valence-corrected chi connectivity index (χ1v) is 5.95. The molecule has 15 heavy (non-hydrogen) atoms. The molecule has 0 N–H and O–H groups in total. The third-order valence-electron chi connectivity index (χ3n) is 2.33. The Labute approximate surface area is 94.8 Å². The number of rotatable bonds is 1. The molecule has 0 spiro atoms. The number of nitrogens with zero attached hydrogens (tertiary/aromatic N) is 1. The highest BCUT2D eigenvalue weighted by Crippen LogP contribution is 2.32. The second kappa shape index (κ2) is 3.78. The molecule has 0 saturated heterocycles. The van der Waals surface area contributed by atoms with Crippen molar-refractivity contribution in [3.63, 3.8) is 0 Å². The minimum absolute atomic E-state index is 0.241. The average molecular weight is 217 g/mol. The average Bonchev–Trinajstić information content (AvgIpc) is 2.67. The smallest absolute Gasteiger partial charge is 0.0346 e. The normalized spacial score (nSPS) is 11.7. The quantitative estimate of drug-likeness (QED) is 0.700. The molecular formula is C13H15NS.